The number of piperidine rings is 1. The van der Waals surface area contributed by atoms with Gasteiger partial charge in [-0.05, 0) is 43.0 Å². The number of aryl methyl sites for hydroxylation is 1. The van der Waals surface area contributed by atoms with E-state index in [0.29, 0.717) is 18.1 Å². The number of aromatic nitrogens is 4. The number of amides is 1. The molecule has 1 aromatic carbocycles. The monoisotopic (exact) mass is 369 g/mol. The summed E-state index contributed by atoms with van der Waals surface area (Å²) in [7, 11) is 0. The predicted molar refractivity (Wildman–Crippen MR) is 98.4 cm³/mol. The van der Waals surface area contributed by atoms with Crippen LogP contribution in [0.25, 0.3) is 11.0 Å². The maximum atomic E-state index is 12.8. The van der Waals surface area contributed by atoms with E-state index in [-0.39, 0.29) is 12.0 Å². The maximum absolute atomic E-state index is 12.8. The maximum Gasteiger partial charge on any atom is 0.316 e. The Morgan fingerprint density at radius 3 is 2.88 bits per heavy atom. The van der Waals surface area contributed by atoms with Gasteiger partial charge in [-0.3, -0.25) is 4.79 Å². The molecule has 8 heteroatoms. The first-order valence-corrected chi connectivity index (χ1v) is 9.45. The van der Waals surface area contributed by atoms with Gasteiger partial charge in [0.2, 0.25) is 0 Å². The van der Waals surface area contributed by atoms with E-state index in [2.05, 4.69) is 25.6 Å². The lowest BCUT2D eigenvalue weighted by Gasteiger charge is -2.32. The fourth-order valence-corrected chi connectivity index (χ4v) is 3.57. The highest BCUT2D eigenvalue weighted by Gasteiger charge is 2.26. The van der Waals surface area contributed by atoms with Crippen LogP contribution < -0.4 is 4.74 Å². The summed E-state index contributed by atoms with van der Waals surface area (Å²) in [6.07, 6.45) is 6.15. The lowest BCUT2D eigenvalue weighted by Crippen LogP contribution is -2.44. The van der Waals surface area contributed by atoms with Crippen molar-refractivity contribution in [2.24, 2.45) is 0 Å². The Morgan fingerprint density at radius 1 is 1.27 bits per heavy atom. The molecular formula is C18H19N5O2S. The second-order valence-corrected chi connectivity index (χ2v) is 6.86. The zero-order valence-electron chi connectivity index (χ0n) is 14.5. The van der Waals surface area contributed by atoms with Gasteiger partial charge in [-0.2, -0.15) is 8.75 Å². The largest absolute Gasteiger partial charge is 0.458 e. The van der Waals surface area contributed by atoms with Crippen LogP contribution >= 0.6 is 11.7 Å². The van der Waals surface area contributed by atoms with E-state index < -0.39 is 0 Å². The van der Waals surface area contributed by atoms with Crippen LogP contribution in [0.2, 0.25) is 0 Å². The molecule has 1 aliphatic heterocycles. The van der Waals surface area contributed by atoms with Gasteiger partial charge in [0, 0.05) is 24.5 Å². The van der Waals surface area contributed by atoms with Gasteiger partial charge in [0.1, 0.15) is 17.1 Å². The summed E-state index contributed by atoms with van der Waals surface area (Å²) in [5.74, 6) is -0.00421. The van der Waals surface area contributed by atoms with Crippen LogP contribution in [0.4, 0.5) is 0 Å². The first-order valence-electron chi connectivity index (χ1n) is 8.72. The number of likely N-dealkylation sites (tertiary alicyclic amines) is 1. The van der Waals surface area contributed by atoms with E-state index in [1.807, 2.05) is 17.0 Å². The van der Waals surface area contributed by atoms with E-state index in [1.54, 1.807) is 18.5 Å². The average molecular weight is 369 g/mol. The minimum atomic E-state index is -0.0927. The van der Waals surface area contributed by atoms with Crippen molar-refractivity contribution in [3.8, 4) is 6.01 Å². The van der Waals surface area contributed by atoms with Crippen LogP contribution in [0, 0.1) is 0 Å². The Morgan fingerprint density at radius 2 is 2.08 bits per heavy atom. The van der Waals surface area contributed by atoms with Crippen molar-refractivity contribution in [2.75, 3.05) is 13.1 Å². The zero-order valence-corrected chi connectivity index (χ0v) is 15.3. The number of nitrogens with zero attached hydrogens (tertiary/aromatic N) is 5. The minimum Gasteiger partial charge on any atom is -0.458 e. The van der Waals surface area contributed by atoms with Crippen LogP contribution in [0.15, 0.2) is 30.6 Å². The Bertz CT molecular complexity index is 911. The van der Waals surface area contributed by atoms with Crippen LogP contribution in [-0.2, 0) is 6.42 Å². The molecule has 1 saturated heterocycles. The van der Waals surface area contributed by atoms with Gasteiger partial charge >= 0.3 is 6.01 Å². The molecule has 4 rings (SSSR count). The summed E-state index contributed by atoms with van der Waals surface area (Å²) >= 11 is 1.15. The normalized spacial score (nSPS) is 17.4. The molecule has 1 atom stereocenters. The molecule has 26 heavy (non-hydrogen) atoms. The molecule has 0 aliphatic carbocycles. The van der Waals surface area contributed by atoms with Crippen LogP contribution in [-0.4, -0.2) is 48.7 Å². The first-order chi connectivity index (χ1) is 12.7. The highest BCUT2D eigenvalue weighted by molar-refractivity contribution is 7.00. The van der Waals surface area contributed by atoms with Crippen molar-refractivity contribution in [3.05, 3.63) is 41.7 Å². The molecule has 2 aromatic heterocycles. The van der Waals surface area contributed by atoms with E-state index in [0.717, 1.165) is 54.1 Å². The Labute approximate surface area is 155 Å². The number of ether oxygens (including phenoxy) is 1. The third-order valence-corrected chi connectivity index (χ3v) is 5.08. The molecular weight excluding hydrogens is 350 g/mol. The van der Waals surface area contributed by atoms with Gasteiger partial charge in [0.25, 0.3) is 5.91 Å². The fourth-order valence-electron chi connectivity index (χ4n) is 3.05. The summed E-state index contributed by atoms with van der Waals surface area (Å²) in [5.41, 5.74) is 3.29. The number of carbonyl (C=O) groups is 1. The van der Waals surface area contributed by atoms with Crippen molar-refractivity contribution >= 4 is 28.7 Å². The number of hydrogen-bond acceptors (Lipinski definition) is 7. The Balaban J connectivity index is 1.44. The SMILES string of the molecule is CCc1cnc(OC2CCCN(C(=O)c3ccc4nsnc4c3)C2)nc1. The molecule has 0 bridgehead atoms. The molecule has 3 aromatic rings. The second-order valence-electron chi connectivity index (χ2n) is 6.33. The highest BCUT2D eigenvalue weighted by Crippen LogP contribution is 2.20. The molecule has 1 fully saturated rings. The number of benzene rings is 1. The van der Waals surface area contributed by atoms with Gasteiger partial charge in [-0.25, -0.2) is 9.97 Å². The second kappa shape index (κ2) is 7.33. The standard InChI is InChI=1S/C18H19N5O2S/c1-2-12-9-19-18(20-10-12)25-14-4-3-7-23(11-14)17(24)13-5-6-15-16(8-13)22-26-21-15/h5-6,8-10,14H,2-4,7,11H2,1H3. The fraction of sp³-hybridized carbons (Fsp3) is 0.389. The third kappa shape index (κ3) is 3.50. The smallest absolute Gasteiger partial charge is 0.316 e. The molecule has 1 unspecified atom stereocenters. The van der Waals surface area contributed by atoms with E-state index in [1.165, 1.54) is 0 Å². The van der Waals surface area contributed by atoms with Gasteiger partial charge in [0.05, 0.1) is 18.3 Å². The first kappa shape index (κ1) is 16.8. The predicted octanol–water partition coefficient (Wildman–Crippen LogP) is 2.73. The van der Waals surface area contributed by atoms with Crippen LogP contribution in [0.5, 0.6) is 6.01 Å². The van der Waals surface area contributed by atoms with Crippen LogP contribution in [0.1, 0.15) is 35.7 Å². The van der Waals surface area contributed by atoms with Gasteiger partial charge in [-0.1, -0.05) is 6.92 Å². The lowest BCUT2D eigenvalue weighted by atomic mass is 10.1. The molecule has 134 valence electrons. The van der Waals surface area contributed by atoms with Crippen molar-refractivity contribution in [1.82, 2.24) is 23.6 Å². The van der Waals surface area contributed by atoms with Crippen molar-refractivity contribution in [2.45, 2.75) is 32.3 Å². The summed E-state index contributed by atoms with van der Waals surface area (Å²) < 4.78 is 14.3. The Kier molecular flexibility index (Phi) is 4.75. The molecule has 0 saturated carbocycles. The average Bonchev–Trinajstić information content (AvgIpc) is 3.16. The quantitative estimate of drug-likeness (QED) is 0.703. The molecule has 7 nitrogen and oxygen atoms in total. The topological polar surface area (TPSA) is 81.1 Å². The van der Waals surface area contributed by atoms with E-state index in [4.69, 9.17) is 4.74 Å². The summed E-state index contributed by atoms with van der Waals surface area (Å²) in [5, 5.41) is 0. The van der Waals surface area contributed by atoms with Crippen molar-refractivity contribution in [3.63, 3.8) is 0 Å². The molecule has 1 aliphatic rings. The van der Waals surface area contributed by atoms with Crippen molar-refractivity contribution in [1.29, 1.82) is 0 Å². The summed E-state index contributed by atoms with van der Waals surface area (Å²) in [6, 6.07) is 5.82. The lowest BCUT2D eigenvalue weighted by molar-refractivity contribution is 0.0516. The number of carbonyl (C=O) groups excluding carboxylic acids is 1. The number of fused-ring (bicyclic) bond motifs is 1. The molecule has 0 N–H and O–H groups in total. The van der Waals surface area contributed by atoms with Gasteiger partial charge in [-0.15, -0.1) is 0 Å². The number of rotatable bonds is 4. The molecule has 0 spiro atoms. The van der Waals surface area contributed by atoms with E-state index >= 15 is 0 Å². The third-order valence-electron chi connectivity index (χ3n) is 4.53. The van der Waals surface area contributed by atoms with Gasteiger partial charge in [0.15, 0.2) is 0 Å². The highest BCUT2D eigenvalue weighted by atomic mass is 32.1. The molecule has 3 heterocycles. The van der Waals surface area contributed by atoms with Gasteiger partial charge < -0.3 is 9.64 Å². The molecule has 0 radical (unpaired) electrons. The minimum absolute atomic E-state index is 0.00421. The summed E-state index contributed by atoms with van der Waals surface area (Å²) in [6.45, 7) is 3.32. The van der Waals surface area contributed by atoms with Crippen molar-refractivity contribution < 1.29 is 9.53 Å². The summed E-state index contributed by atoms with van der Waals surface area (Å²) in [4.78, 5) is 23.2. The zero-order chi connectivity index (χ0) is 17.9. The van der Waals surface area contributed by atoms with Crippen LogP contribution in [0.3, 0.4) is 0 Å². The Hall–Kier alpha value is -2.61. The number of hydrogen-bond donors (Lipinski definition) is 0. The molecule has 1 amide bonds. The van der Waals surface area contributed by atoms with E-state index in [9.17, 15) is 4.79 Å².